The van der Waals surface area contributed by atoms with Crippen LogP contribution in [0.15, 0.2) is 0 Å². The van der Waals surface area contributed by atoms with Gasteiger partial charge in [-0.25, -0.2) is 0 Å². The molecule has 0 spiro atoms. The number of hydrogen-bond donors (Lipinski definition) is 0. The minimum atomic E-state index is -0.288. The summed E-state index contributed by atoms with van der Waals surface area (Å²) in [5.74, 6) is 3.32. The second-order valence-electron chi connectivity index (χ2n) is 11.3. The van der Waals surface area contributed by atoms with E-state index in [1.165, 1.54) is 38.5 Å². The lowest BCUT2D eigenvalue weighted by Gasteiger charge is -2.57. The van der Waals surface area contributed by atoms with Gasteiger partial charge in [0.15, 0.2) is 0 Å². The van der Waals surface area contributed by atoms with Crippen LogP contribution in [0.3, 0.4) is 0 Å². The van der Waals surface area contributed by atoms with Gasteiger partial charge in [-0.1, -0.05) is 20.8 Å². The fourth-order valence-corrected chi connectivity index (χ4v) is 8.37. The van der Waals surface area contributed by atoms with E-state index >= 15 is 0 Å². The Labute approximate surface area is 147 Å². The quantitative estimate of drug-likeness (QED) is 0.638. The van der Waals surface area contributed by atoms with Gasteiger partial charge in [-0.05, 0) is 88.4 Å². The van der Waals surface area contributed by atoms with Gasteiger partial charge in [0, 0.05) is 10.8 Å². The molecule has 0 aliphatic heterocycles. The Hall–Kier alpha value is -0.530. The predicted molar refractivity (Wildman–Crippen MR) is 94.3 cm³/mol. The summed E-state index contributed by atoms with van der Waals surface area (Å²) >= 11 is 0. The summed E-state index contributed by atoms with van der Waals surface area (Å²) in [5, 5.41) is 0. The largest absolute Gasteiger partial charge is 0.458 e. The molecule has 0 saturated heterocycles. The lowest BCUT2D eigenvalue weighted by molar-refractivity contribution is -0.215. The summed E-state index contributed by atoms with van der Waals surface area (Å²) in [6.07, 6.45) is 11.3. The number of fused-ring (bicyclic) bond motifs is 2. The Kier molecular flexibility index (Phi) is 2.88. The SMILES string of the molecule is CC12CCC(C1)C(C)(C)C2(C)OC(=O)C12CC3CC(CC(C3)C1)C2. The fraction of sp³-hybridized carbons (Fsp3) is 0.955. The topological polar surface area (TPSA) is 26.3 Å². The normalized spacial score (nSPS) is 56.7. The van der Waals surface area contributed by atoms with E-state index in [9.17, 15) is 4.79 Å². The highest BCUT2D eigenvalue weighted by Crippen LogP contribution is 2.70. The Morgan fingerprint density at radius 3 is 1.88 bits per heavy atom. The maximum atomic E-state index is 13.5. The van der Waals surface area contributed by atoms with E-state index < -0.39 is 0 Å². The van der Waals surface area contributed by atoms with Crippen molar-refractivity contribution >= 4 is 5.97 Å². The molecule has 6 fully saturated rings. The average molecular weight is 331 g/mol. The number of carbonyl (C=O) groups is 1. The molecule has 24 heavy (non-hydrogen) atoms. The van der Waals surface area contributed by atoms with Gasteiger partial charge in [0.2, 0.25) is 0 Å². The van der Waals surface area contributed by atoms with Crippen molar-refractivity contribution in [3.8, 4) is 0 Å². The minimum Gasteiger partial charge on any atom is -0.458 e. The molecule has 0 aromatic rings. The average Bonchev–Trinajstić information content (AvgIpc) is 2.94. The molecule has 6 rings (SSSR count). The summed E-state index contributed by atoms with van der Waals surface area (Å²) in [6, 6.07) is 0. The molecule has 6 saturated carbocycles. The van der Waals surface area contributed by atoms with Crippen LogP contribution >= 0.6 is 0 Å². The van der Waals surface area contributed by atoms with Crippen LogP contribution in [0.5, 0.6) is 0 Å². The summed E-state index contributed by atoms with van der Waals surface area (Å²) in [7, 11) is 0. The molecule has 6 bridgehead atoms. The molecule has 0 aromatic heterocycles. The molecular weight excluding hydrogens is 296 g/mol. The highest BCUT2D eigenvalue weighted by Gasteiger charge is 2.70. The van der Waals surface area contributed by atoms with Gasteiger partial charge in [0.1, 0.15) is 5.60 Å². The van der Waals surface area contributed by atoms with E-state index in [2.05, 4.69) is 27.7 Å². The highest BCUT2D eigenvalue weighted by atomic mass is 16.6. The van der Waals surface area contributed by atoms with Crippen LogP contribution in [0.4, 0.5) is 0 Å². The zero-order valence-electron chi connectivity index (χ0n) is 16.0. The van der Waals surface area contributed by atoms with E-state index in [0.717, 1.165) is 42.9 Å². The van der Waals surface area contributed by atoms with Gasteiger partial charge in [0.25, 0.3) is 0 Å². The monoisotopic (exact) mass is 330 g/mol. The van der Waals surface area contributed by atoms with Gasteiger partial charge in [-0.15, -0.1) is 0 Å². The van der Waals surface area contributed by atoms with Crippen LogP contribution < -0.4 is 0 Å². The van der Waals surface area contributed by atoms with Gasteiger partial charge in [-0.3, -0.25) is 4.79 Å². The van der Waals surface area contributed by atoms with Crippen LogP contribution in [0, 0.1) is 39.9 Å². The molecule has 0 amide bonds. The maximum absolute atomic E-state index is 13.5. The first-order chi connectivity index (χ1) is 11.2. The smallest absolute Gasteiger partial charge is 0.312 e. The third-order valence-corrected chi connectivity index (χ3v) is 9.91. The third-order valence-electron chi connectivity index (χ3n) is 9.91. The Bertz CT molecular complexity index is 549. The standard InChI is InChI=1S/C22H34O2/c1-19(2)17-5-6-20(3,13-17)21(19,4)24-18(23)22-10-14-7-15(11-22)9-16(8-14)12-22/h14-17H,5-13H2,1-4H3. The third kappa shape index (κ3) is 1.71. The molecule has 3 unspecified atom stereocenters. The molecular formula is C22H34O2. The number of ether oxygens (including phenoxy) is 1. The van der Waals surface area contributed by atoms with Crippen LogP contribution in [-0.4, -0.2) is 11.6 Å². The van der Waals surface area contributed by atoms with Crippen molar-refractivity contribution in [2.45, 2.75) is 91.1 Å². The van der Waals surface area contributed by atoms with E-state index in [-0.39, 0.29) is 27.8 Å². The molecule has 6 aliphatic carbocycles. The first-order valence-corrected chi connectivity index (χ1v) is 10.4. The summed E-state index contributed by atoms with van der Waals surface area (Å²) < 4.78 is 6.60. The second-order valence-corrected chi connectivity index (χ2v) is 11.3. The first kappa shape index (κ1) is 15.7. The summed E-state index contributed by atoms with van der Waals surface area (Å²) in [6.45, 7) is 9.36. The molecule has 0 radical (unpaired) electrons. The fourth-order valence-electron chi connectivity index (χ4n) is 8.37. The lowest BCUT2D eigenvalue weighted by atomic mass is 9.49. The molecule has 3 atom stereocenters. The van der Waals surface area contributed by atoms with Crippen molar-refractivity contribution in [3.63, 3.8) is 0 Å². The minimum absolute atomic E-state index is 0.109. The molecule has 2 nitrogen and oxygen atoms in total. The van der Waals surface area contributed by atoms with Crippen LogP contribution in [0.1, 0.15) is 85.5 Å². The number of rotatable bonds is 2. The molecule has 0 N–H and O–H groups in total. The van der Waals surface area contributed by atoms with Crippen molar-refractivity contribution in [1.82, 2.24) is 0 Å². The lowest BCUT2D eigenvalue weighted by Crippen LogP contribution is -2.58. The van der Waals surface area contributed by atoms with Crippen molar-refractivity contribution in [2.24, 2.45) is 39.9 Å². The number of carbonyl (C=O) groups excluding carboxylic acids is 1. The van der Waals surface area contributed by atoms with Gasteiger partial charge < -0.3 is 4.74 Å². The van der Waals surface area contributed by atoms with E-state index in [1.807, 2.05) is 0 Å². The van der Waals surface area contributed by atoms with E-state index in [4.69, 9.17) is 4.74 Å². The van der Waals surface area contributed by atoms with Crippen molar-refractivity contribution < 1.29 is 9.53 Å². The Morgan fingerprint density at radius 2 is 1.42 bits per heavy atom. The number of esters is 1. The van der Waals surface area contributed by atoms with E-state index in [1.54, 1.807) is 0 Å². The van der Waals surface area contributed by atoms with Crippen molar-refractivity contribution in [3.05, 3.63) is 0 Å². The first-order valence-electron chi connectivity index (χ1n) is 10.4. The molecule has 0 aromatic carbocycles. The summed E-state index contributed by atoms with van der Waals surface area (Å²) in [5.41, 5.74) is -0.119. The Balaban J connectivity index is 1.45. The number of hydrogen-bond acceptors (Lipinski definition) is 2. The van der Waals surface area contributed by atoms with Crippen molar-refractivity contribution in [2.75, 3.05) is 0 Å². The van der Waals surface area contributed by atoms with Crippen LogP contribution in [0.25, 0.3) is 0 Å². The van der Waals surface area contributed by atoms with Crippen molar-refractivity contribution in [1.29, 1.82) is 0 Å². The zero-order chi connectivity index (χ0) is 17.0. The molecule has 0 heterocycles. The Morgan fingerprint density at radius 1 is 0.875 bits per heavy atom. The molecule has 134 valence electrons. The van der Waals surface area contributed by atoms with Gasteiger partial charge >= 0.3 is 5.97 Å². The van der Waals surface area contributed by atoms with Gasteiger partial charge in [0.05, 0.1) is 5.41 Å². The van der Waals surface area contributed by atoms with Crippen LogP contribution in [-0.2, 0) is 9.53 Å². The maximum Gasteiger partial charge on any atom is 0.312 e. The second kappa shape index (κ2) is 4.41. The van der Waals surface area contributed by atoms with E-state index in [0.29, 0.717) is 0 Å². The summed E-state index contributed by atoms with van der Waals surface area (Å²) in [4.78, 5) is 13.5. The zero-order valence-corrected chi connectivity index (χ0v) is 16.0. The predicted octanol–water partition coefficient (Wildman–Crippen LogP) is 5.35. The van der Waals surface area contributed by atoms with Gasteiger partial charge in [-0.2, -0.15) is 0 Å². The molecule has 2 heteroatoms. The highest BCUT2D eigenvalue weighted by molar-refractivity contribution is 5.78. The molecule has 6 aliphatic rings. The van der Waals surface area contributed by atoms with Crippen LogP contribution in [0.2, 0.25) is 0 Å².